The van der Waals surface area contributed by atoms with Crippen molar-refractivity contribution in [2.75, 3.05) is 21.3 Å². The van der Waals surface area contributed by atoms with E-state index in [-0.39, 0.29) is 5.56 Å². The van der Waals surface area contributed by atoms with Crippen LogP contribution in [0.1, 0.15) is 11.1 Å². The SMILES string of the molecule is COC(OC)(OC)c1cccc(C(F)(F)F)c1. The van der Waals surface area contributed by atoms with Crippen molar-refractivity contribution in [3.63, 3.8) is 0 Å². The second-order valence-corrected chi connectivity index (χ2v) is 3.25. The van der Waals surface area contributed by atoms with Crippen LogP contribution in [0.15, 0.2) is 24.3 Å². The van der Waals surface area contributed by atoms with Gasteiger partial charge in [0.15, 0.2) is 0 Å². The zero-order valence-corrected chi connectivity index (χ0v) is 9.67. The van der Waals surface area contributed by atoms with Crippen LogP contribution in [0.25, 0.3) is 0 Å². The molecule has 0 aromatic heterocycles. The summed E-state index contributed by atoms with van der Waals surface area (Å²) in [6, 6.07) is 4.60. The van der Waals surface area contributed by atoms with Gasteiger partial charge in [0.05, 0.1) is 5.56 Å². The molecule has 17 heavy (non-hydrogen) atoms. The average Bonchev–Trinajstić information content (AvgIpc) is 2.31. The Morgan fingerprint density at radius 1 is 0.882 bits per heavy atom. The molecular weight excluding hydrogens is 237 g/mol. The summed E-state index contributed by atoms with van der Waals surface area (Å²) in [6.07, 6.45) is -4.42. The standard InChI is InChI=1S/C11H13F3O3/c1-15-11(16-2,17-3)9-6-4-5-8(7-9)10(12,13)14/h4-7H,1-3H3. The minimum absolute atomic E-state index is 0.139. The van der Waals surface area contributed by atoms with Gasteiger partial charge in [0, 0.05) is 26.9 Å². The average molecular weight is 250 g/mol. The highest BCUT2D eigenvalue weighted by atomic mass is 19.4. The molecule has 6 heteroatoms. The van der Waals surface area contributed by atoms with E-state index in [0.717, 1.165) is 12.1 Å². The molecular formula is C11H13F3O3. The van der Waals surface area contributed by atoms with Crippen molar-refractivity contribution in [3.8, 4) is 0 Å². The Labute approximate surface area is 97.1 Å². The summed E-state index contributed by atoms with van der Waals surface area (Å²) in [6.45, 7) is 0. The number of hydrogen-bond acceptors (Lipinski definition) is 3. The van der Waals surface area contributed by atoms with Crippen LogP contribution in [-0.2, 0) is 26.4 Å². The summed E-state index contributed by atoms with van der Waals surface area (Å²) in [5.74, 6) is -1.62. The number of alkyl halides is 3. The van der Waals surface area contributed by atoms with Crippen LogP contribution in [0.2, 0.25) is 0 Å². The van der Waals surface area contributed by atoms with E-state index in [1.807, 2.05) is 0 Å². The lowest BCUT2D eigenvalue weighted by atomic mass is 10.1. The van der Waals surface area contributed by atoms with E-state index in [9.17, 15) is 13.2 Å². The molecule has 0 amide bonds. The first kappa shape index (κ1) is 14.0. The molecule has 3 nitrogen and oxygen atoms in total. The first-order valence-corrected chi connectivity index (χ1v) is 4.73. The molecule has 0 saturated carbocycles. The number of benzene rings is 1. The summed E-state index contributed by atoms with van der Waals surface area (Å²) in [4.78, 5) is 0. The molecule has 0 N–H and O–H groups in total. The molecule has 0 unspecified atom stereocenters. The van der Waals surface area contributed by atoms with Crippen molar-refractivity contribution in [1.82, 2.24) is 0 Å². The van der Waals surface area contributed by atoms with E-state index in [1.165, 1.54) is 33.5 Å². The molecule has 0 atom stereocenters. The molecule has 0 aliphatic carbocycles. The van der Waals surface area contributed by atoms with Gasteiger partial charge >= 0.3 is 12.1 Å². The zero-order chi connectivity index (χ0) is 13.1. The van der Waals surface area contributed by atoms with Gasteiger partial charge in [-0.25, -0.2) is 0 Å². The molecule has 0 fully saturated rings. The molecule has 0 spiro atoms. The van der Waals surface area contributed by atoms with Crippen molar-refractivity contribution in [2.45, 2.75) is 12.1 Å². The first-order valence-electron chi connectivity index (χ1n) is 4.73. The van der Waals surface area contributed by atoms with Gasteiger partial charge in [0.25, 0.3) is 0 Å². The van der Waals surface area contributed by atoms with Crippen LogP contribution >= 0.6 is 0 Å². The smallest absolute Gasteiger partial charge is 0.327 e. The Kier molecular flexibility index (Phi) is 4.13. The first-order chi connectivity index (χ1) is 7.89. The number of ether oxygens (including phenoxy) is 3. The van der Waals surface area contributed by atoms with Crippen LogP contribution in [-0.4, -0.2) is 21.3 Å². The normalized spacial score (nSPS) is 12.8. The van der Waals surface area contributed by atoms with E-state index in [4.69, 9.17) is 14.2 Å². The van der Waals surface area contributed by atoms with Gasteiger partial charge in [-0.05, 0) is 12.1 Å². The fraction of sp³-hybridized carbons (Fsp3) is 0.455. The van der Waals surface area contributed by atoms with Crippen LogP contribution in [0.3, 0.4) is 0 Å². The van der Waals surface area contributed by atoms with Crippen LogP contribution < -0.4 is 0 Å². The summed E-state index contributed by atoms with van der Waals surface area (Å²) in [7, 11) is 3.85. The fourth-order valence-corrected chi connectivity index (χ4v) is 1.49. The Morgan fingerprint density at radius 3 is 1.76 bits per heavy atom. The Morgan fingerprint density at radius 2 is 1.35 bits per heavy atom. The van der Waals surface area contributed by atoms with E-state index < -0.39 is 17.7 Å². The highest BCUT2D eigenvalue weighted by Crippen LogP contribution is 2.33. The number of methoxy groups -OCH3 is 3. The third-order valence-electron chi connectivity index (χ3n) is 2.35. The monoisotopic (exact) mass is 250 g/mol. The molecule has 1 aromatic carbocycles. The zero-order valence-electron chi connectivity index (χ0n) is 9.67. The van der Waals surface area contributed by atoms with Crippen molar-refractivity contribution in [2.24, 2.45) is 0 Å². The molecule has 0 radical (unpaired) electrons. The summed E-state index contributed by atoms with van der Waals surface area (Å²) >= 11 is 0. The van der Waals surface area contributed by atoms with Gasteiger partial charge in [-0.2, -0.15) is 13.2 Å². The molecule has 0 aliphatic heterocycles. The topological polar surface area (TPSA) is 27.7 Å². The van der Waals surface area contributed by atoms with Crippen molar-refractivity contribution in [3.05, 3.63) is 35.4 Å². The number of hydrogen-bond donors (Lipinski definition) is 0. The number of rotatable bonds is 4. The Bertz CT molecular complexity index is 364. The van der Waals surface area contributed by atoms with Gasteiger partial charge in [0.2, 0.25) is 0 Å². The predicted octanol–water partition coefficient (Wildman–Crippen LogP) is 2.75. The third-order valence-corrected chi connectivity index (χ3v) is 2.35. The lowest BCUT2D eigenvalue weighted by Gasteiger charge is -2.29. The van der Waals surface area contributed by atoms with Crippen LogP contribution in [0.5, 0.6) is 0 Å². The molecule has 96 valence electrons. The Hall–Kier alpha value is -1.11. The van der Waals surface area contributed by atoms with Crippen LogP contribution in [0, 0.1) is 0 Å². The maximum absolute atomic E-state index is 12.5. The van der Waals surface area contributed by atoms with Gasteiger partial charge in [-0.3, -0.25) is 0 Å². The van der Waals surface area contributed by atoms with Crippen molar-refractivity contribution in [1.29, 1.82) is 0 Å². The second kappa shape index (κ2) is 5.03. The summed E-state index contributed by atoms with van der Waals surface area (Å²) < 4.78 is 52.6. The maximum Gasteiger partial charge on any atom is 0.416 e. The van der Waals surface area contributed by atoms with Crippen LogP contribution in [0.4, 0.5) is 13.2 Å². The van der Waals surface area contributed by atoms with E-state index in [1.54, 1.807) is 0 Å². The molecule has 0 aliphatic rings. The molecule has 0 saturated heterocycles. The maximum atomic E-state index is 12.5. The predicted molar refractivity (Wildman–Crippen MR) is 54.1 cm³/mol. The van der Waals surface area contributed by atoms with Crippen molar-refractivity contribution < 1.29 is 27.4 Å². The van der Waals surface area contributed by atoms with Gasteiger partial charge in [-0.15, -0.1) is 0 Å². The highest BCUT2D eigenvalue weighted by molar-refractivity contribution is 5.27. The van der Waals surface area contributed by atoms with Gasteiger partial charge < -0.3 is 14.2 Å². The highest BCUT2D eigenvalue weighted by Gasteiger charge is 2.36. The van der Waals surface area contributed by atoms with Gasteiger partial charge in [-0.1, -0.05) is 12.1 Å². The third kappa shape index (κ3) is 2.77. The number of halogens is 3. The van der Waals surface area contributed by atoms with E-state index in [2.05, 4.69) is 0 Å². The fourth-order valence-electron chi connectivity index (χ4n) is 1.49. The van der Waals surface area contributed by atoms with E-state index in [0.29, 0.717) is 0 Å². The summed E-state index contributed by atoms with van der Waals surface area (Å²) in [5.41, 5.74) is -0.648. The second-order valence-electron chi connectivity index (χ2n) is 3.25. The summed E-state index contributed by atoms with van der Waals surface area (Å²) in [5, 5.41) is 0. The quantitative estimate of drug-likeness (QED) is 0.769. The Balaban J connectivity index is 3.23. The molecule has 1 aromatic rings. The lowest BCUT2D eigenvalue weighted by molar-refractivity contribution is -0.364. The molecule has 0 bridgehead atoms. The minimum Gasteiger partial charge on any atom is -0.327 e. The minimum atomic E-state index is -4.42. The van der Waals surface area contributed by atoms with Crippen molar-refractivity contribution >= 4 is 0 Å². The largest absolute Gasteiger partial charge is 0.416 e. The molecule has 1 rings (SSSR count). The molecule has 0 heterocycles. The van der Waals surface area contributed by atoms with Gasteiger partial charge in [0.1, 0.15) is 0 Å². The lowest BCUT2D eigenvalue weighted by Crippen LogP contribution is -2.33. The van der Waals surface area contributed by atoms with E-state index >= 15 is 0 Å².